The largest absolute Gasteiger partial charge is 0.447 e. The highest BCUT2D eigenvalue weighted by Crippen LogP contribution is 2.46. The number of fused-ring (bicyclic) bond motifs is 2. The summed E-state index contributed by atoms with van der Waals surface area (Å²) in [6, 6.07) is 25.9. The third kappa shape index (κ3) is 2.61. The van der Waals surface area contributed by atoms with Crippen molar-refractivity contribution in [3.8, 4) is 11.5 Å². The fourth-order valence-electron chi connectivity index (χ4n) is 2.99. The van der Waals surface area contributed by atoms with Gasteiger partial charge in [-0.1, -0.05) is 57.2 Å². The second-order valence-electron chi connectivity index (χ2n) is 7.08. The Bertz CT molecular complexity index is 829. The molecule has 1 aliphatic rings. The molecule has 0 radical (unpaired) electrons. The van der Waals surface area contributed by atoms with E-state index < -0.39 is 0 Å². The summed E-state index contributed by atoms with van der Waals surface area (Å²) in [5.74, 6) is 1.94. The van der Waals surface area contributed by atoms with Gasteiger partial charge >= 0.3 is 0 Å². The van der Waals surface area contributed by atoms with Crippen LogP contribution in [0, 0.1) is 0 Å². The van der Waals surface area contributed by atoms with Crippen LogP contribution >= 0.6 is 0 Å². The normalized spacial score (nSPS) is 13.8. The lowest BCUT2D eigenvalue weighted by atomic mass is 9.87. The van der Waals surface area contributed by atoms with Crippen molar-refractivity contribution in [1.29, 1.82) is 0 Å². The zero-order valence-corrected chi connectivity index (χ0v) is 15.1. The maximum Gasteiger partial charge on any atom is 0.209 e. The van der Waals surface area contributed by atoms with E-state index in [1.165, 1.54) is 20.2 Å². The van der Waals surface area contributed by atoms with E-state index in [4.69, 9.17) is 4.74 Å². The molecule has 0 saturated carbocycles. The summed E-state index contributed by atoms with van der Waals surface area (Å²) in [6.45, 7) is 6.76. The lowest BCUT2D eigenvalue weighted by Gasteiger charge is -2.21. The average Bonchev–Trinajstić information content (AvgIpc) is 2.59. The Kier molecular flexibility index (Phi) is 3.65. The van der Waals surface area contributed by atoms with Crippen molar-refractivity contribution in [3.05, 3.63) is 78.4 Å². The van der Waals surface area contributed by atoms with Gasteiger partial charge in [0.05, 0.1) is 0 Å². The van der Waals surface area contributed by atoms with Gasteiger partial charge in [0.25, 0.3) is 0 Å². The van der Waals surface area contributed by atoms with Gasteiger partial charge in [-0.05, 0) is 47.4 Å². The highest BCUT2D eigenvalue weighted by atomic mass is 32.2. The van der Waals surface area contributed by atoms with Crippen LogP contribution in [0.4, 0.5) is 0 Å². The number of ether oxygens (including phenoxy) is 1. The quantitative estimate of drug-likeness (QED) is 0.378. The molecule has 3 aromatic rings. The molecule has 0 N–H and O–H groups in total. The third-order valence-electron chi connectivity index (χ3n) is 4.31. The van der Waals surface area contributed by atoms with Crippen molar-refractivity contribution >= 4 is 10.9 Å². The number of hydrogen-bond donors (Lipinski definition) is 0. The van der Waals surface area contributed by atoms with Gasteiger partial charge in [0.15, 0.2) is 16.4 Å². The van der Waals surface area contributed by atoms with Crippen LogP contribution in [-0.2, 0) is 16.3 Å². The van der Waals surface area contributed by atoms with Gasteiger partial charge < -0.3 is 4.74 Å². The van der Waals surface area contributed by atoms with Gasteiger partial charge in [-0.3, -0.25) is 0 Å². The fourth-order valence-corrected chi connectivity index (χ4v) is 5.19. The molecule has 2 heteroatoms. The van der Waals surface area contributed by atoms with Gasteiger partial charge in [0, 0.05) is 0 Å². The van der Waals surface area contributed by atoms with E-state index in [0.29, 0.717) is 0 Å². The molecule has 0 aliphatic carbocycles. The molecular weight excluding hydrogens is 312 g/mol. The molecular formula is C22H21OS+. The Labute approximate surface area is 146 Å². The summed E-state index contributed by atoms with van der Waals surface area (Å²) >= 11 is 0. The SMILES string of the molecule is CC(C)(C)c1ccc([S+]2c3ccccc3Oc3ccccc32)cc1. The van der Waals surface area contributed by atoms with E-state index in [2.05, 4.69) is 81.4 Å². The number of benzene rings is 3. The second-order valence-corrected chi connectivity index (χ2v) is 9.04. The predicted octanol–water partition coefficient (Wildman–Crippen LogP) is 6.19. The maximum atomic E-state index is 6.11. The average molecular weight is 333 g/mol. The highest BCUT2D eigenvalue weighted by Gasteiger charge is 2.38. The molecule has 120 valence electrons. The van der Waals surface area contributed by atoms with Gasteiger partial charge in [0.2, 0.25) is 9.79 Å². The van der Waals surface area contributed by atoms with Crippen LogP contribution in [0.5, 0.6) is 11.5 Å². The van der Waals surface area contributed by atoms with Gasteiger partial charge in [-0.25, -0.2) is 0 Å². The molecule has 0 fully saturated rings. The lowest BCUT2D eigenvalue weighted by Crippen LogP contribution is -2.14. The molecule has 1 nitrogen and oxygen atoms in total. The van der Waals surface area contributed by atoms with Crippen LogP contribution in [0.15, 0.2) is 87.5 Å². The molecule has 0 bridgehead atoms. The van der Waals surface area contributed by atoms with E-state index in [1.54, 1.807) is 0 Å². The van der Waals surface area contributed by atoms with E-state index >= 15 is 0 Å². The molecule has 4 rings (SSSR count). The Balaban J connectivity index is 1.86. The van der Waals surface area contributed by atoms with Crippen molar-refractivity contribution in [2.24, 2.45) is 0 Å². The van der Waals surface area contributed by atoms with E-state index in [0.717, 1.165) is 11.5 Å². The first kappa shape index (κ1) is 15.3. The standard InChI is InChI=1S/C22H21OS/c1-22(2,3)16-12-14-17(15-13-16)24-20-10-6-4-8-18(20)23-19-9-5-7-11-21(19)24/h4-15H,1-3H3/q+1. The Morgan fingerprint density at radius 1 is 0.667 bits per heavy atom. The van der Waals surface area contributed by atoms with Crippen LogP contribution in [0.1, 0.15) is 26.3 Å². The first-order valence-electron chi connectivity index (χ1n) is 8.25. The van der Waals surface area contributed by atoms with Gasteiger partial charge in [-0.15, -0.1) is 0 Å². The summed E-state index contributed by atoms with van der Waals surface area (Å²) < 4.78 is 6.11. The molecule has 24 heavy (non-hydrogen) atoms. The smallest absolute Gasteiger partial charge is 0.209 e. The summed E-state index contributed by atoms with van der Waals surface area (Å²) in [4.78, 5) is 3.87. The molecule has 1 aliphatic heterocycles. The summed E-state index contributed by atoms with van der Waals surface area (Å²) in [5, 5.41) is 0. The number of rotatable bonds is 1. The second kappa shape index (κ2) is 5.71. The van der Waals surface area contributed by atoms with E-state index in [-0.39, 0.29) is 16.3 Å². The molecule has 0 amide bonds. The molecule has 0 atom stereocenters. The third-order valence-corrected chi connectivity index (χ3v) is 6.61. The number of hydrogen-bond acceptors (Lipinski definition) is 1. The predicted molar refractivity (Wildman–Crippen MR) is 100 cm³/mol. The first-order chi connectivity index (χ1) is 11.5. The highest BCUT2D eigenvalue weighted by molar-refractivity contribution is 7.97. The van der Waals surface area contributed by atoms with Crippen LogP contribution in [0.25, 0.3) is 0 Å². The molecule has 0 saturated heterocycles. The monoisotopic (exact) mass is 333 g/mol. The minimum Gasteiger partial charge on any atom is -0.447 e. The topological polar surface area (TPSA) is 9.23 Å². The zero-order valence-electron chi connectivity index (χ0n) is 14.2. The van der Waals surface area contributed by atoms with E-state index in [9.17, 15) is 0 Å². The minimum absolute atomic E-state index is 0.118. The van der Waals surface area contributed by atoms with Crippen LogP contribution < -0.4 is 4.74 Å². The molecule has 0 aromatic heterocycles. The van der Waals surface area contributed by atoms with Gasteiger partial charge in [-0.2, -0.15) is 0 Å². The molecule has 0 spiro atoms. The summed E-state index contributed by atoms with van der Waals surface area (Å²) in [6.07, 6.45) is 0. The van der Waals surface area contributed by atoms with Crippen molar-refractivity contribution in [3.63, 3.8) is 0 Å². The molecule has 1 heterocycles. The maximum absolute atomic E-state index is 6.11. The van der Waals surface area contributed by atoms with Crippen molar-refractivity contribution in [1.82, 2.24) is 0 Å². The Morgan fingerprint density at radius 3 is 1.67 bits per heavy atom. The van der Waals surface area contributed by atoms with E-state index in [1.807, 2.05) is 12.1 Å². The minimum atomic E-state index is -0.118. The van der Waals surface area contributed by atoms with Gasteiger partial charge in [0.1, 0.15) is 10.9 Å². The van der Waals surface area contributed by atoms with Crippen molar-refractivity contribution < 1.29 is 4.74 Å². The summed E-state index contributed by atoms with van der Waals surface area (Å²) in [5.41, 5.74) is 1.54. The lowest BCUT2D eigenvalue weighted by molar-refractivity contribution is 0.453. The summed E-state index contributed by atoms with van der Waals surface area (Å²) in [7, 11) is -0.118. The van der Waals surface area contributed by atoms with Crippen LogP contribution in [0.3, 0.4) is 0 Å². The number of para-hydroxylation sites is 2. The van der Waals surface area contributed by atoms with Crippen LogP contribution in [0.2, 0.25) is 0 Å². The van der Waals surface area contributed by atoms with Crippen molar-refractivity contribution in [2.45, 2.75) is 40.9 Å². The first-order valence-corrected chi connectivity index (χ1v) is 9.47. The molecule has 0 unspecified atom stereocenters. The van der Waals surface area contributed by atoms with Crippen molar-refractivity contribution in [2.75, 3.05) is 0 Å². The Morgan fingerprint density at radius 2 is 1.17 bits per heavy atom. The molecule has 3 aromatic carbocycles. The fraction of sp³-hybridized carbons (Fsp3) is 0.182. The van der Waals surface area contributed by atoms with Crippen LogP contribution in [-0.4, -0.2) is 0 Å². The zero-order chi connectivity index (χ0) is 16.7. The Hall–Kier alpha value is -2.19.